The van der Waals surface area contributed by atoms with E-state index < -0.39 is 0 Å². The van der Waals surface area contributed by atoms with E-state index in [2.05, 4.69) is 30.4 Å². The van der Waals surface area contributed by atoms with Crippen LogP contribution >= 0.6 is 0 Å². The monoisotopic (exact) mass is 203 g/mol. The van der Waals surface area contributed by atoms with Gasteiger partial charge in [0.15, 0.2) is 0 Å². The third-order valence-electron chi connectivity index (χ3n) is 2.85. The molecule has 1 heterocycles. The summed E-state index contributed by atoms with van der Waals surface area (Å²) in [6.45, 7) is 4.19. The van der Waals surface area contributed by atoms with Gasteiger partial charge in [-0.05, 0) is 36.6 Å². The Labute approximate surface area is 91.0 Å². The van der Waals surface area contributed by atoms with Gasteiger partial charge in [0.05, 0.1) is 7.11 Å². The van der Waals surface area contributed by atoms with E-state index in [9.17, 15) is 0 Å². The van der Waals surface area contributed by atoms with Gasteiger partial charge in [0.25, 0.3) is 0 Å². The van der Waals surface area contributed by atoms with E-state index in [1.165, 1.54) is 16.7 Å². The fraction of sp³-hybridized carbons (Fsp3) is 0.385. The first kappa shape index (κ1) is 10.2. The highest BCUT2D eigenvalue weighted by Crippen LogP contribution is 2.19. The maximum Gasteiger partial charge on any atom is 0.119 e. The van der Waals surface area contributed by atoms with Crippen LogP contribution in [0.25, 0.3) is 0 Å². The van der Waals surface area contributed by atoms with Crippen molar-refractivity contribution in [2.45, 2.75) is 13.3 Å². The zero-order chi connectivity index (χ0) is 10.7. The number of benzene rings is 1. The number of aryl methyl sites for hydroxylation is 1. The normalized spacial score (nSPS) is 15.2. The predicted molar refractivity (Wildman–Crippen MR) is 62.4 cm³/mol. The first-order valence-corrected chi connectivity index (χ1v) is 5.32. The first-order chi connectivity index (χ1) is 7.29. The van der Waals surface area contributed by atoms with Gasteiger partial charge >= 0.3 is 0 Å². The minimum absolute atomic E-state index is 0.940. The van der Waals surface area contributed by atoms with Crippen LogP contribution in [0.1, 0.15) is 11.1 Å². The highest BCUT2D eigenvalue weighted by atomic mass is 16.5. The molecule has 2 nitrogen and oxygen atoms in total. The van der Waals surface area contributed by atoms with Crippen LogP contribution in [0.2, 0.25) is 0 Å². The molecule has 1 aliphatic heterocycles. The van der Waals surface area contributed by atoms with Crippen molar-refractivity contribution in [2.24, 2.45) is 0 Å². The molecule has 0 aliphatic carbocycles. The topological polar surface area (TPSA) is 21.3 Å². The zero-order valence-electron chi connectivity index (χ0n) is 9.34. The number of rotatable bonds is 3. The lowest BCUT2D eigenvalue weighted by molar-refractivity contribution is 0.414. The van der Waals surface area contributed by atoms with Gasteiger partial charge in [-0.15, -0.1) is 0 Å². The summed E-state index contributed by atoms with van der Waals surface area (Å²) in [6.07, 6.45) is 3.34. The summed E-state index contributed by atoms with van der Waals surface area (Å²) in [7, 11) is 1.71. The van der Waals surface area contributed by atoms with E-state index in [-0.39, 0.29) is 0 Å². The molecule has 1 aromatic carbocycles. The van der Waals surface area contributed by atoms with Crippen LogP contribution in [0.15, 0.2) is 29.8 Å². The van der Waals surface area contributed by atoms with Crippen molar-refractivity contribution in [2.75, 3.05) is 20.2 Å². The second-order valence-electron chi connectivity index (χ2n) is 3.96. The molecule has 0 spiro atoms. The quantitative estimate of drug-likeness (QED) is 0.759. The Hall–Kier alpha value is -1.28. The van der Waals surface area contributed by atoms with Crippen molar-refractivity contribution in [3.63, 3.8) is 0 Å². The highest BCUT2D eigenvalue weighted by Gasteiger charge is 2.07. The van der Waals surface area contributed by atoms with E-state index in [1.54, 1.807) is 7.11 Å². The SMILES string of the molecule is COc1ccc(CC2=CCNC2)c(C)c1. The van der Waals surface area contributed by atoms with Gasteiger partial charge in [-0.25, -0.2) is 0 Å². The van der Waals surface area contributed by atoms with Crippen LogP contribution in [0.3, 0.4) is 0 Å². The number of methoxy groups -OCH3 is 1. The molecule has 0 radical (unpaired) electrons. The molecule has 80 valence electrons. The maximum absolute atomic E-state index is 5.19. The Balaban J connectivity index is 2.14. The Morgan fingerprint density at radius 1 is 1.40 bits per heavy atom. The molecule has 0 bridgehead atoms. The zero-order valence-corrected chi connectivity index (χ0v) is 9.34. The van der Waals surface area contributed by atoms with Crippen molar-refractivity contribution in [3.05, 3.63) is 41.0 Å². The second kappa shape index (κ2) is 4.49. The second-order valence-corrected chi connectivity index (χ2v) is 3.96. The molecule has 0 amide bonds. The average Bonchev–Trinajstić information content (AvgIpc) is 2.74. The molecule has 1 aliphatic rings. The van der Waals surface area contributed by atoms with Crippen LogP contribution in [-0.4, -0.2) is 20.2 Å². The van der Waals surface area contributed by atoms with Crippen LogP contribution in [-0.2, 0) is 6.42 Å². The molecule has 0 fully saturated rings. The van der Waals surface area contributed by atoms with Crippen molar-refractivity contribution in [1.29, 1.82) is 0 Å². The minimum Gasteiger partial charge on any atom is -0.497 e. The molecule has 1 aromatic rings. The third kappa shape index (κ3) is 2.39. The minimum atomic E-state index is 0.940. The molecule has 2 rings (SSSR count). The van der Waals surface area contributed by atoms with Gasteiger partial charge in [-0.2, -0.15) is 0 Å². The number of hydrogen-bond donors (Lipinski definition) is 1. The van der Waals surface area contributed by atoms with Gasteiger partial charge in [0, 0.05) is 13.1 Å². The van der Waals surface area contributed by atoms with E-state index in [1.807, 2.05) is 6.07 Å². The van der Waals surface area contributed by atoms with E-state index in [0.717, 1.165) is 25.3 Å². The molecular weight excluding hydrogens is 186 g/mol. The number of hydrogen-bond acceptors (Lipinski definition) is 2. The molecule has 0 atom stereocenters. The lowest BCUT2D eigenvalue weighted by atomic mass is 10.0. The number of nitrogens with one attached hydrogen (secondary N) is 1. The van der Waals surface area contributed by atoms with Crippen LogP contribution < -0.4 is 10.1 Å². The molecular formula is C13H17NO. The Morgan fingerprint density at radius 2 is 2.27 bits per heavy atom. The van der Waals surface area contributed by atoms with Gasteiger partial charge in [0.2, 0.25) is 0 Å². The Bertz CT molecular complexity index is 382. The van der Waals surface area contributed by atoms with Gasteiger partial charge < -0.3 is 10.1 Å². The third-order valence-corrected chi connectivity index (χ3v) is 2.85. The highest BCUT2D eigenvalue weighted by molar-refractivity contribution is 5.37. The summed E-state index contributed by atoms with van der Waals surface area (Å²) in [4.78, 5) is 0. The summed E-state index contributed by atoms with van der Waals surface area (Å²) < 4.78 is 5.19. The molecule has 0 aromatic heterocycles. The molecule has 0 saturated carbocycles. The summed E-state index contributed by atoms with van der Waals surface area (Å²) in [5, 5.41) is 3.32. The number of ether oxygens (including phenoxy) is 1. The smallest absolute Gasteiger partial charge is 0.119 e. The van der Waals surface area contributed by atoms with E-state index in [4.69, 9.17) is 4.74 Å². The van der Waals surface area contributed by atoms with Crippen molar-refractivity contribution < 1.29 is 4.74 Å². The van der Waals surface area contributed by atoms with Crippen molar-refractivity contribution >= 4 is 0 Å². The van der Waals surface area contributed by atoms with Gasteiger partial charge in [-0.1, -0.05) is 17.7 Å². The summed E-state index contributed by atoms with van der Waals surface area (Å²) in [5.74, 6) is 0.940. The van der Waals surface area contributed by atoms with Crippen LogP contribution in [0.4, 0.5) is 0 Å². The molecule has 0 saturated heterocycles. The van der Waals surface area contributed by atoms with Gasteiger partial charge in [-0.3, -0.25) is 0 Å². The summed E-state index contributed by atoms with van der Waals surface area (Å²) in [6, 6.07) is 6.29. The molecule has 15 heavy (non-hydrogen) atoms. The Morgan fingerprint density at radius 3 is 2.87 bits per heavy atom. The maximum atomic E-state index is 5.19. The largest absolute Gasteiger partial charge is 0.497 e. The van der Waals surface area contributed by atoms with Crippen molar-refractivity contribution in [3.8, 4) is 5.75 Å². The van der Waals surface area contributed by atoms with E-state index in [0.29, 0.717) is 0 Å². The van der Waals surface area contributed by atoms with Crippen LogP contribution in [0.5, 0.6) is 5.75 Å². The first-order valence-electron chi connectivity index (χ1n) is 5.32. The fourth-order valence-electron chi connectivity index (χ4n) is 1.89. The lowest BCUT2D eigenvalue weighted by Crippen LogP contribution is -2.09. The van der Waals surface area contributed by atoms with E-state index >= 15 is 0 Å². The molecule has 2 heteroatoms. The molecule has 0 unspecified atom stereocenters. The predicted octanol–water partition coefficient (Wildman–Crippen LogP) is 2.08. The molecule has 1 N–H and O–H groups in total. The summed E-state index contributed by atoms with van der Waals surface area (Å²) >= 11 is 0. The van der Waals surface area contributed by atoms with Gasteiger partial charge in [0.1, 0.15) is 5.75 Å². The van der Waals surface area contributed by atoms with Crippen molar-refractivity contribution in [1.82, 2.24) is 5.32 Å². The Kier molecular flexibility index (Phi) is 3.07. The average molecular weight is 203 g/mol. The van der Waals surface area contributed by atoms with Crippen LogP contribution in [0, 0.1) is 6.92 Å². The summed E-state index contributed by atoms with van der Waals surface area (Å²) in [5.41, 5.74) is 4.19. The lowest BCUT2D eigenvalue weighted by Gasteiger charge is -2.08. The standard InChI is InChI=1S/C13H17NO/c1-10-7-13(15-2)4-3-12(10)8-11-5-6-14-9-11/h3-5,7,14H,6,8-9H2,1-2H3. The fourth-order valence-corrected chi connectivity index (χ4v) is 1.89.